The molecule has 0 aliphatic carbocycles. The lowest BCUT2D eigenvalue weighted by molar-refractivity contribution is -0.576. The van der Waals surface area contributed by atoms with E-state index >= 15 is 0 Å². The van der Waals surface area contributed by atoms with E-state index in [1.807, 2.05) is 0 Å². The fraction of sp³-hybridized carbons (Fsp3) is 0.125. The minimum atomic E-state index is -1.92. The van der Waals surface area contributed by atoms with Crippen LogP contribution in [0.2, 0.25) is 0 Å². The summed E-state index contributed by atoms with van der Waals surface area (Å²) in [5.41, 5.74) is 0.154. The summed E-state index contributed by atoms with van der Waals surface area (Å²) in [7, 11) is 0. The zero-order valence-corrected chi connectivity index (χ0v) is 6.95. The molecule has 0 fully saturated rings. The Balaban J connectivity index is 2.89. The van der Waals surface area contributed by atoms with Crippen molar-refractivity contribution in [2.45, 2.75) is 6.23 Å². The van der Waals surface area contributed by atoms with Gasteiger partial charge in [0.05, 0.1) is 10.5 Å². The number of ether oxygens (including phenoxy) is 1. The van der Waals surface area contributed by atoms with Crippen molar-refractivity contribution < 1.29 is 19.6 Å². The van der Waals surface area contributed by atoms with Gasteiger partial charge in [0.1, 0.15) is 0 Å². The lowest BCUT2D eigenvalue weighted by Gasteiger charge is -2.06. The van der Waals surface area contributed by atoms with Crippen LogP contribution < -0.4 is 0 Å². The van der Waals surface area contributed by atoms with E-state index in [0.29, 0.717) is 0 Å². The van der Waals surface area contributed by atoms with Crippen LogP contribution in [0.4, 0.5) is 4.79 Å². The van der Waals surface area contributed by atoms with Crippen LogP contribution in [0.15, 0.2) is 30.3 Å². The topological polar surface area (TPSA) is 89.3 Å². The summed E-state index contributed by atoms with van der Waals surface area (Å²) in [6, 6.07) is 7.54. The Morgan fingerprint density at radius 3 is 2.36 bits per heavy atom. The van der Waals surface area contributed by atoms with E-state index in [1.54, 1.807) is 18.2 Å². The first-order valence-electron chi connectivity index (χ1n) is 3.67. The van der Waals surface area contributed by atoms with Crippen molar-refractivity contribution in [2.24, 2.45) is 0 Å². The highest BCUT2D eigenvalue weighted by Gasteiger charge is 2.27. The Labute approximate surface area is 78.9 Å². The largest absolute Gasteiger partial charge is 0.555 e. The molecular formula is C8H6NO5. The number of nitrogens with zero attached hydrogens (tertiary/aromatic N) is 1. The molecule has 1 rings (SSSR count). The van der Waals surface area contributed by atoms with Gasteiger partial charge in [-0.05, 0) is 12.1 Å². The summed E-state index contributed by atoms with van der Waals surface area (Å²) in [6.45, 7) is 0. The quantitative estimate of drug-likeness (QED) is 0.317. The maximum Gasteiger partial charge on any atom is 0.555 e. The fourth-order valence-corrected chi connectivity index (χ4v) is 0.942. The molecule has 0 spiro atoms. The Hall–Kier alpha value is -2.11. The molecule has 6 heteroatoms. The van der Waals surface area contributed by atoms with Gasteiger partial charge in [-0.15, -0.1) is 0 Å². The minimum absolute atomic E-state index is 0.154. The first-order valence-corrected chi connectivity index (χ1v) is 3.67. The second kappa shape index (κ2) is 4.22. The molecular weight excluding hydrogens is 190 g/mol. The van der Waals surface area contributed by atoms with E-state index < -0.39 is 17.3 Å². The Bertz CT molecular complexity index is 337. The van der Waals surface area contributed by atoms with E-state index in [1.165, 1.54) is 12.1 Å². The minimum Gasteiger partial charge on any atom is -0.359 e. The monoisotopic (exact) mass is 196 g/mol. The number of hydrogen-bond acceptors (Lipinski definition) is 4. The standard InChI is InChI=1S/C8H6NO5/c10-8(11)14-7(9(12)13)6-4-2-1-3-5-6/h1-5,7H. The molecule has 6 nitrogen and oxygen atoms in total. The molecule has 1 atom stereocenters. The normalized spacial score (nSPS) is 11.7. The van der Waals surface area contributed by atoms with E-state index in [-0.39, 0.29) is 5.56 Å². The van der Waals surface area contributed by atoms with Crippen LogP contribution in [0.25, 0.3) is 0 Å². The van der Waals surface area contributed by atoms with Crippen LogP contribution in [0.3, 0.4) is 0 Å². The predicted molar refractivity (Wildman–Crippen MR) is 43.3 cm³/mol. The second-order valence-corrected chi connectivity index (χ2v) is 2.42. The molecule has 0 amide bonds. The zero-order valence-electron chi connectivity index (χ0n) is 6.95. The smallest absolute Gasteiger partial charge is 0.359 e. The summed E-state index contributed by atoms with van der Waals surface area (Å²) < 4.78 is 4.00. The molecule has 0 heterocycles. The van der Waals surface area contributed by atoms with Crippen LogP contribution >= 0.6 is 0 Å². The van der Waals surface area contributed by atoms with E-state index in [2.05, 4.69) is 4.74 Å². The van der Waals surface area contributed by atoms with Crippen molar-refractivity contribution in [2.75, 3.05) is 0 Å². The maximum absolute atomic E-state index is 10.4. The summed E-state index contributed by atoms with van der Waals surface area (Å²) in [5.74, 6) is 0. The molecule has 0 saturated carbocycles. The second-order valence-electron chi connectivity index (χ2n) is 2.42. The first kappa shape index (κ1) is 9.97. The van der Waals surface area contributed by atoms with Gasteiger partial charge in [-0.3, -0.25) is 10.1 Å². The molecule has 1 unspecified atom stereocenters. The molecule has 1 aromatic rings. The Kier molecular flexibility index (Phi) is 3.01. The van der Waals surface area contributed by atoms with Gasteiger partial charge in [0.2, 0.25) is 0 Å². The summed E-state index contributed by atoms with van der Waals surface area (Å²) in [5, 5.41) is 20.5. The van der Waals surface area contributed by atoms with Crippen molar-refractivity contribution in [3.05, 3.63) is 46.0 Å². The van der Waals surface area contributed by atoms with Crippen molar-refractivity contribution in [1.82, 2.24) is 0 Å². The summed E-state index contributed by atoms with van der Waals surface area (Å²) >= 11 is 0. The SMILES string of the molecule is [O]C(=O)OC(c1ccccc1)[N+](=O)[O-]. The maximum atomic E-state index is 10.4. The molecule has 0 aliphatic heterocycles. The average molecular weight is 196 g/mol. The van der Waals surface area contributed by atoms with Crippen LogP contribution in [0.1, 0.15) is 11.8 Å². The van der Waals surface area contributed by atoms with Crippen molar-refractivity contribution in [3.63, 3.8) is 0 Å². The third-order valence-corrected chi connectivity index (χ3v) is 1.48. The van der Waals surface area contributed by atoms with Gasteiger partial charge in [-0.25, -0.2) is 0 Å². The molecule has 0 aliphatic rings. The third-order valence-electron chi connectivity index (χ3n) is 1.48. The van der Waals surface area contributed by atoms with Gasteiger partial charge in [0.15, 0.2) is 0 Å². The number of rotatable bonds is 3. The third kappa shape index (κ3) is 2.44. The van der Waals surface area contributed by atoms with Gasteiger partial charge in [-0.1, -0.05) is 18.2 Å². The van der Waals surface area contributed by atoms with Crippen molar-refractivity contribution in [3.8, 4) is 0 Å². The van der Waals surface area contributed by atoms with Crippen molar-refractivity contribution in [1.29, 1.82) is 0 Å². The Morgan fingerprint density at radius 1 is 1.36 bits per heavy atom. The molecule has 14 heavy (non-hydrogen) atoms. The van der Waals surface area contributed by atoms with Crippen LogP contribution in [-0.4, -0.2) is 11.1 Å². The van der Waals surface area contributed by atoms with Crippen LogP contribution in [-0.2, 0) is 9.84 Å². The van der Waals surface area contributed by atoms with Crippen molar-refractivity contribution >= 4 is 6.16 Å². The van der Waals surface area contributed by atoms with E-state index in [9.17, 15) is 20.0 Å². The number of nitro groups is 1. The molecule has 0 N–H and O–H groups in total. The molecule has 1 radical (unpaired) electrons. The Morgan fingerprint density at radius 2 is 1.93 bits per heavy atom. The molecule has 1 aromatic carbocycles. The molecule has 73 valence electrons. The van der Waals surface area contributed by atoms with Gasteiger partial charge in [0.25, 0.3) is 0 Å². The van der Waals surface area contributed by atoms with Gasteiger partial charge in [0, 0.05) is 0 Å². The zero-order chi connectivity index (χ0) is 10.6. The molecule has 0 aromatic heterocycles. The van der Waals surface area contributed by atoms with E-state index in [0.717, 1.165) is 0 Å². The average Bonchev–Trinajstić information content (AvgIpc) is 2.15. The lowest BCUT2D eigenvalue weighted by atomic mass is 10.2. The fourth-order valence-electron chi connectivity index (χ4n) is 0.942. The van der Waals surface area contributed by atoms with Gasteiger partial charge < -0.3 is 4.74 Å². The highest BCUT2D eigenvalue weighted by Crippen LogP contribution is 2.17. The predicted octanol–water partition coefficient (Wildman–Crippen LogP) is 1.53. The summed E-state index contributed by atoms with van der Waals surface area (Å²) in [6.07, 6.45) is -3.64. The van der Waals surface area contributed by atoms with Crippen LogP contribution in [0.5, 0.6) is 0 Å². The first-order chi connectivity index (χ1) is 6.61. The molecule has 0 bridgehead atoms. The number of carbonyl (C=O) groups is 1. The molecule has 0 saturated heterocycles. The van der Waals surface area contributed by atoms with Gasteiger partial charge >= 0.3 is 12.4 Å². The highest BCUT2D eigenvalue weighted by molar-refractivity contribution is 5.56. The highest BCUT2D eigenvalue weighted by atomic mass is 16.7. The number of benzene rings is 1. The van der Waals surface area contributed by atoms with Gasteiger partial charge in [-0.2, -0.15) is 9.90 Å². The summed E-state index contributed by atoms with van der Waals surface area (Å²) in [4.78, 5) is 19.6. The van der Waals surface area contributed by atoms with Crippen LogP contribution in [0, 0.1) is 10.1 Å². The lowest BCUT2D eigenvalue weighted by Crippen LogP contribution is -2.16. The van der Waals surface area contributed by atoms with E-state index in [4.69, 9.17) is 0 Å². The number of hydrogen-bond donors (Lipinski definition) is 0. The number of carbonyl (C=O) groups excluding carboxylic acids is 1.